The van der Waals surface area contributed by atoms with E-state index in [9.17, 15) is 30.3 Å². The number of rotatable bonds is 4. The van der Waals surface area contributed by atoms with Gasteiger partial charge in [-0.15, -0.1) is 0 Å². The summed E-state index contributed by atoms with van der Waals surface area (Å²) in [4.78, 5) is 11.4. The van der Waals surface area contributed by atoms with Crippen molar-refractivity contribution in [2.24, 2.45) is 5.41 Å². The van der Waals surface area contributed by atoms with E-state index in [4.69, 9.17) is 9.47 Å². The molecule has 1 saturated heterocycles. The molecule has 2 aliphatic rings. The van der Waals surface area contributed by atoms with Crippen LogP contribution in [0.15, 0.2) is 11.1 Å². The van der Waals surface area contributed by atoms with Gasteiger partial charge in [0.15, 0.2) is 6.29 Å². The number of hydrogen-bond donors (Lipinski definition) is 5. The van der Waals surface area contributed by atoms with Gasteiger partial charge in [0.1, 0.15) is 24.4 Å². The zero-order valence-electron chi connectivity index (χ0n) is 14.0. The van der Waals surface area contributed by atoms with Crippen molar-refractivity contribution in [3.8, 4) is 0 Å². The molecule has 5 N–H and O–H groups in total. The topological polar surface area (TPSA) is 137 Å². The van der Waals surface area contributed by atoms with Crippen molar-refractivity contribution < 1.29 is 39.8 Å². The quantitative estimate of drug-likeness (QED) is 0.455. The van der Waals surface area contributed by atoms with Crippen molar-refractivity contribution in [3.05, 3.63) is 11.1 Å². The molecular formula is C16H26O8. The van der Waals surface area contributed by atoms with Crippen LogP contribution in [0, 0.1) is 5.41 Å². The maximum atomic E-state index is 11.4. The summed E-state index contributed by atoms with van der Waals surface area (Å²) in [6.45, 7) is 4.82. The average molecular weight is 346 g/mol. The molecule has 0 aromatic carbocycles. The Labute approximate surface area is 140 Å². The minimum atomic E-state index is -1.50. The van der Waals surface area contributed by atoms with Gasteiger partial charge in [-0.2, -0.15) is 0 Å². The molecule has 0 radical (unpaired) electrons. The van der Waals surface area contributed by atoms with Crippen LogP contribution in [0.2, 0.25) is 0 Å². The fourth-order valence-corrected chi connectivity index (χ4v) is 3.70. The Balaban J connectivity index is 2.13. The van der Waals surface area contributed by atoms with Crippen molar-refractivity contribution in [3.63, 3.8) is 0 Å². The second kappa shape index (κ2) is 7.07. The molecule has 0 saturated carbocycles. The minimum absolute atomic E-state index is 0.358. The summed E-state index contributed by atoms with van der Waals surface area (Å²) in [7, 11) is 0. The van der Waals surface area contributed by atoms with Gasteiger partial charge in [0.25, 0.3) is 0 Å². The van der Waals surface area contributed by atoms with E-state index in [0.717, 1.165) is 0 Å². The molecule has 0 spiro atoms. The molecule has 1 heterocycles. The van der Waals surface area contributed by atoms with Crippen LogP contribution in [0.1, 0.15) is 33.6 Å². The highest BCUT2D eigenvalue weighted by Crippen LogP contribution is 2.42. The number of carbonyl (C=O) groups is 1. The predicted molar refractivity (Wildman–Crippen MR) is 82.0 cm³/mol. The predicted octanol–water partition coefficient (Wildman–Crippen LogP) is -0.607. The first-order chi connectivity index (χ1) is 11.1. The molecule has 0 bridgehead atoms. The standard InChI is InChI=1S/C16H26O8/c1-7-4-8(5-16(2,3)10(7)14(21)22)23-15-13(20)12(19)11(18)9(6-17)24-15/h8-9,11-13,15,17-20H,4-6H2,1-3H3,(H,21,22)/t8-,9-,11-,12-,13-,15-/m0/s1. The zero-order chi connectivity index (χ0) is 18.2. The first-order valence-electron chi connectivity index (χ1n) is 7.98. The van der Waals surface area contributed by atoms with Gasteiger partial charge in [0, 0.05) is 5.57 Å². The molecule has 24 heavy (non-hydrogen) atoms. The van der Waals surface area contributed by atoms with E-state index >= 15 is 0 Å². The Morgan fingerprint density at radius 1 is 1.25 bits per heavy atom. The number of aliphatic hydroxyl groups excluding tert-OH is 4. The number of carboxylic acids is 1. The van der Waals surface area contributed by atoms with Crippen LogP contribution >= 0.6 is 0 Å². The highest BCUT2D eigenvalue weighted by Gasteiger charge is 2.46. The Morgan fingerprint density at radius 3 is 2.38 bits per heavy atom. The Kier molecular flexibility index (Phi) is 5.68. The van der Waals surface area contributed by atoms with E-state index in [1.165, 1.54) is 0 Å². The maximum Gasteiger partial charge on any atom is 0.332 e. The summed E-state index contributed by atoms with van der Waals surface area (Å²) in [5, 5.41) is 48.2. The van der Waals surface area contributed by atoms with Crippen LogP contribution in [0.4, 0.5) is 0 Å². The van der Waals surface area contributed by atoms with Crippen LogP contribution in [-0.2, 0) is 14.3 Å². The van der Waals surface area contributed by atoms with Crippen LogP contribution in [-0.4, -0.2) is 74.9 Å². The highest BCUT2D eigenvalue weighted by atomic mass is 16.7. The third-order valence-electron chi connectivity index (χ3n) is 4.76. The molecule has 138 valence electrons. The van der Waals surface area contributed by atoms with Crippen molar-refractivity contribution >= 4 is 5.97 Å². The number of hydrogen-bond acceptors (Lipinski definition) is 7. The lowest BCUT2D eigenvalue weighted by Gasteiger charge is -2.43. The van der Waals surface area contributed by atoms with Gasteiger partial charge in [0.05, 0.1) is 12.7 Å². The van der Waals surface area contributed by atoms with Crippen LogP contribution < -0.4 is 0 Å². The molecule has 1 aliphatic heterocycles. The molecule has 8 nitrogen and oxygen atoms in total. The van der Waals surface area contributed by atoms with Crippen molar-refractivity contribution in [2.75, 3.05) is 6.61 Å². The third kappa shape index (κ3) is 3.63. The molecular weight excluding hydrogens is 320 g/mol. The summed E-state index contributed by atoms with van der Waals surface area (Å²) in [5.74, 6) is -0.955. The monoisotopic (exact) mass is 346 g/mol. The SMILES string of the molecule is CC1=C(C(=O)O)C(C)(C)C[C@@H](O[C@H]2O[C@@H](CO)[C@H](O)[C@H](O)[C@@H]2O)C1. The van der Waals surface area contributed by atoms with Gasteiger partial charge in [-0.25, -0.2) is 4.79 Å². The largest absolute Gasteiger partial charge is 0.478 e. The normalized spacial score (nSPS) is 39.8. The lowest BCUT2D eigenvalue weighted by atomic mass is 9.71. The van der Waals surface area contributed by atoms with Crippen LogP contribution in [0.25, 0.3) is 0 Å². The van der Waals surface area contributed by atoms with E-state index in [2.05, 4.69) is 0 Å². The number of aliphatic hydroxyl groups is 4. The summed E-state index contributed by atoms with van der Waals surface area (Å²) in [5.41, 5.74) is 0.428. The van der Waals surface area contributed by atoms with E-state index in [1.54, 1.807) is 6.92 Å². The fraction of sp³-hybridized carbons (Fsp3) is 0.812. The molecule has 0 unspecified atom stereocenters. The molecule has 1 fully saturated rings. The molecule has 0 aromatic rings. The summed E-state index contributed by atoms with van der Waals surface area (Å²) in [6, 6.07) is 0. The third-order valence-corrected chi connectivity index (χ3v) is 4.76. The van der Waals surface area contributed by atoms with Gasteiger partial charge in [-0.3, -0.25) is 0 Å². The molecule has 8 heteroatoms. The Bertz CT molecular complexity index is 512. The summed E-state index contributed by atoms with van der Waals surface area (Å²) < 4.78 is 11.1. The van der Waals surface area contributed by atoms with Gasteiger partial charge in [-0.05, 0) is 25.2 Å². The molecule has 0 amide bonds. The zero-order valence-corrected chi connectivity index (χ0v) is 14.0. The van der Waals surface area contributed by atoms with Gasteiger partial charge in [-0.1, -0.05) is 19.4 Å². The average Bonchev–Trinajstić information content (AvgIpc) is 2.45. The second-order valence-corrected chi connectivity index (χ2v) is 7.21. The fourth-order valence-electron chi connectivity index (χ4n) is 3.70. The Morgan fingerprint density at radius 2 is 1.88 bits per heavy atom. The van der Waals surface area contributed by atoms with E-state index < -0.39 is 54.8 Å². The first kappa shape index (κ1) is 19.3. The van der Waals surface area contributed by atoms with Crippen LogP contribution in [0.3, 0.4) is 0 Å². The lowest BCUT2D eigenvalue weighted by molar-refractivity contribution is -0.313. The van der Waals surface area contributed by atoms with Crippen molar-refractivity contribution in [2.45, 2.75) is 70.4 Å². The smallest absolute Gasteiger partial charge is 0.332 e. The lowest BCUT2D eigenvalue weighted by Crippen LogP contribution is -2.59. The van der Waals surface area contributed by atoms with E-state index in [0.29, 0.717) is 24.0 Å². The number of ether oxygens (including phenoxy) is 2. The van der Waals surface area contributed by atoms with Gasteiger partial charge < -0.3 is 35.0 Å². The number of aliphatic carboxylic acids is 1. The second-order valence-electron chi connectivity index (χ2n) is 7.21. The molecule has 2 rings (SSSR count). The molecule has 1 aliphatic carbocycles. The van der Waals surface area contributed by atoms with E-state index in [1.807, 2.05) is 13.8 Å². The van der Waals surface area contributed by atoms with E-state index in [-0.39, 0.29) is 0 Å². The van der Waals surface area contributed by atoms with Crippen molar-refractivity contribution in [1.29, 1.82) is 0 Å². The molecule has 0 aromatic heterocycles. The Hall–Kier alpha value is -1.03. The number of carboxylic acid groups (broad SMARTS) is 1. The summed E-state index contributed by atoms with van der Waals surface area (Å²) >= 11 is 0. The minimum Gasteiger partial charge on any atom is -0.478 e. The molecule has 6 atom stereocenters. The van der Waals surface area contributed by atoms with Gasteiger partial charge in [0.2, 0.25) is 0 Å². The summed E-state index contributed by atoms with van der Waals surface area (Å²) in [6.07, 6.45) is -6.28. The highest BCUT2D eigenvalue weighted by molar-refractivity contribution is 5.89. The maximum absolute atomic E-state index is 11.4. The first-order valence-corrected chi connectivity index (χ1v) is 7.98. The van der Waals surface area contributed by atoms with Crippen LogP contribution in [0.5, 0.6) is 0 Å². The van der Waals surface area contributed by atoms with Gasteiger partial charge >= 0.3 is 5.97 Å². The van der Waals surface area contributed by atoms with Crippen molar-refractivity contribution in [1.82, 2.24) is 0 Å².